The van der Waals surface area contributed by atoms with Gasteiger partial charge in [0.05, 0.1) is 19.8 Å². The largest absolute Gasteiger partial charge is 0.491 e. The molecule has 4 aromatic rings. The van der Waals surface area contributed by atoms with Crippen molar-refractivity contribution >= 4 is 27.6 Å². The number of carbonyl (C=O) groups excluding carboxylic acids is 1. The maximum atomic E-state index is 12.0. The van der Waals surface area contributed by atoms with Gasteiger partial charge in [-0.3, -0.25) is 0 Å². The topological polar surface area (TPSA) is 104 Å². The van der Waals surface area contributed by atoms with Crippen molar-refractivity contribution in [1.29, 1.82) is 0 Å². The van der Waals surface area contributed by atoms with Gasteiger partial charge in [0.25, 0.3) is 0 Å². The van der Waals surface area contributed by atoms with Crippen molar-refractivity contribution in [3.8, 4) is 23.0 Å². The average Bonchev–Trinajstić information content (AvgIpc) is 3.84. The number of hydrogen-bond acceptors (Lipinski definition) is 8. The van der Waals surface area contributed by atoms with E-state index in [2.05, 4.69) is 23.5 Å². The second-order valence-corrected chi connectivity index (χ2v) is 10.5. The van der Waals surface area contributed by atoms with E-state index in [1.54, 1.807) is 6.07 Å². The number of fused-ring (bicyclic) bond motifs is 2. The first kappa shape index (κ1) is 25.9. The molecule has 0 bridgehead atoms. The highest BCUT2D eigenvalue weighted by molar-refractivity contribution is 5.93. The fourth-order valence-corrected chi connectivity index (χ4v) is 4.85. The van der Waals surface area contributed by atoms with Gasteiger partial charge in [0.15, 0.2) is 0 Å². The Morgan fingerprint density at radius 3 is 1.68 bits per heavy atom. The van der Waals surface area contributed by atoms with Gasteiger partial charge in [-0.05, 0) is 57.9 Å². The molecule has 3 atom stereocenters. The molecule has 0 saturated carbocycles. The van der Waals surface area contributed by atoms with Crippen LogP contribution in [0.1, 0.15) is 11.1 Å². The maximum Gasteiger partial charge on any atom is 0.412 e. The van der Waals surface area contributed by atoms with Crippen LogP contribution in [-0.2, 0) is 20.6 Å². The van der Waals surface area contributed by atoms with Crippen LogP contribution in [0, 0.1) is 0 Å². The number of epoxide rings is 3. The summed E-state index contributed by atoms with van der Waals surface area (Å²) in [4.78, 5) is 12.0. The first-order valence-electron chi connectivity index (χ1n) is 13.9. The first-order valence-corrected chi connectivity index (χ1v) is 13.9. The molecule has 212 valence electrons. The highest BCUT2D eigenvalue weighted by atomic mass is 16.6. The van der Waals surface area contributed by atoms with Crippen LogP contribution in [0.4, 0.5) is 4.79 Å². The van der Waals surface area contributed by atoms with Gasteiger partial charge in [-0.15, -0.1) is 0 Å². The molecule has 3 heterocycles. The zero-order valence-corrected chi connectivity index (χ0v) is 22.7. The Morgan fingerprint density at radius 2 is 1.17 bits per heavy atom. The fourth-order valence-electron chi connectivity index (χ4n) is 4.85. The fraction of sp³-hybridized carbons (Fsp3) is 0.344. The highest BCUT2D eigenvalue weighted by Gasteiger charge is 2.26. The van der Waals surface area contributed by atoms with E-state index in [0.717, 1.165) is 56.5 Å². The monoisotopic (exact) mass is 557 g/mol. The van der Waals surface area contributed by atoms with Crippen molar-refractivity contribution in [3.63, 3.8) is 0 Å². The number of carbonyl (C=O) groups is 1. The van der Waals surface area contributed by atoms with E-state index in [0.29, 0.717) is 45.2 Å². The number of amides is 1. The van der Waals surface area contributed by atoms with Crippen LogP contribution in [0.3, 0.4) is 0 Å². The normalized spacial score (nSPS) is 20.5. The van der Waals surface area contributed by atoms with Crippen molar-refractivity contribution in [2.45, 2.75) is 24.7 Å². The van der Waals surface area contributed by atoms with Gasteiger partial charge in [0, 0.05) is 24.6 Å². The molecule has 3 fully saturated rings. The Bertz CT molecular complexity index is 1590. The lowest BCUT2D eigenvalue weighted by Gasteiger charge is -2.19. The molecule has 41 heavy (non-hydrogen) atoms. The average molecular weight is 558 g/mol. The summed E-state index contributed by atoms with van der Waals surface area (Å²) in [6, 6.07) is 19.8. The first-order chi connectivity index (χ1) is 20.1. The summed E-state index contributed by atoms with van der Waals surface area (Å²) in [5.41, 5.74) is 1.97. The Hall–Kier alpha value is -4.05. The maximum absolute atomic E-state index is 12.0. The molecule has 1 N–H and O–H groups in total. The van der Waals surface area contributed by atoms with Crippen LogP contribution in [-0.4, -0.2) is 71.1 Å². The van der Waals surface area contributed by atoms with E-state index >= 15 is 0 Å². The third-order valence-corrected chi connectivity index (χ3v) is 7.38. The Morgan fingerprint density at radius 1 is 0.707 bits per heavy atom. The zero-order valence-electron chi connectivity index (χ0n) is 22.7. The quantitative estimate of drug-likeness (QED) is 0.252. The van der Waals surface area contributed by atoms with Gasteiger partial charge in [-0.2, -0.15) is 0 Å². The van der Waals surface area contributed by atoms with E-state index in [4.69, 9.17) is 33.2 Å². The standard InChI is InChI=1S/C32H31NO8/c1-33-32(34)41-22-7-3-20-5-9-31(40-18-25-16-38-25)29(27(20)11-22)12-28-26-10-21(35-13-23-14-36-23)6-2-19(26)4-8-30(28)39-17-24-15-37-24/h2-11,23-25H,12-18H2,1H3,(H,33,34). The van der Waals surface area contributed by atoms with Gasteiger partial charge < -0.3 is 38.5 Å². The molecule has 7 rings (SSSR count). The minimum Gasteiger partial charge on any atom is -0.491 e. The predicted molar refractivity (Wildman–Crippen MR) is 151 cm³/mol. The molecule has 3 saturated heterocycles. The molecular formula is C32H31NO8. The van der Waals surface area contributed by atoms with Crippen LogP contribution in [0.5, 0.6) is 23.0 Å². The molecule has 0 radical (unpaired) electrons. The third kappa shape index (κ3) is 6.17. The van der Waals surface area contributed by atoms with Crippen molar-refractivity contribution in [2.75, 3.05) is 46.7 Å². The van der Waals surface area contributed by atoms with Crippen LogP contribution >= 0.6 is 0 Å². The van der Waals surface area contributed by atoms with E-state index in [9.17, 15) is 4.79 Å². The van der Waals surface area contributed by atoms with Crippen LogP contribution in [0.2, 0.25) is 0 Å². The summed E-state index contributed by atoms with van der Waals surface area (Å²) in [7, 11) is 1.53. The smallest absolute Gasteiger partial charge is 0.412 e. The molecule has 9 nitrogen and oxygen atoms in total. The Kier molecular flexibility index (Phi) is 7.00. The van der Waals surface area contributed by atoms with Gasteiger partial charge in [-0.1, -0.05) is 24.3 Å². The van der Waals surface area contributed by atoms with Gasteiger partial charge >= 0.3 is 6.09 Å². The van der Waals surface area contributed by atoms with Crippen LogP contribution in [0.15, 0.2) is 60.7 Å². The molecule has 0 aromatic heterocycles. The van der Waals surface area contributed by atoms with E-state index in [1.165, 1.54) is 7.05 Å². The number of benzene rings is 4. The number of rotatable bonds is 12. The number of ether oxygens (including phenoxy) is 7. The van der Waals surface area contributed by atoms with Crippen molar-refractivity contribution in [1.82, 2.24) is 5.32 Å². The lowest BCUT2D eigenvalue weighted by Crippen LogP contribution is -2.21. The summed E-state index contributed by atoms with van der Waals surface area (Å²) in [6.45, 7) is 3.62. The van der Waals surface area contributed by atoms with E-state index in [-0.39, 0.29) is 18.3 Å². The van der Waals surface area contributed by atoms with E-state index < -0.39 is 6.09 Å². The SMILES string of the molecule is CNC(=O)Oc1ccc2ccc(OCC3CO3)c(Cc3c(OCC4CO4)ccc4ccc(OCC5CO5)cc34)c2c1. The van der Waals surface area contributed by atoms with Crippen molar-refractivity contribution in [2.24, 2.45) is 0 Å². The van der Waals surface area contributed by atoms with E-state index in [1.807, 2.05) is 36.4 Å². The second-order valence-electron chi connectivity index (χ2n) is 10.5. The van der Waals surface area contributed by atoms with Crippen LogP contribution in [0.25, 0.3) is 21.5 Å². The molecule has 9 heteroatoms. The molecule has 1 amide bonds. The summed E-state index contributed by atoms with van der Waals surface area (Å²) in [6.07, 6.45) is 0.364. The third-order valence-electron chi connectivity index (χ3n) is 7.38. The summed E-state index contributed by atoms with van der Waals surface area (Å²) in [5.74, 6) is 2.75. The summed E-state index contributed by atoms with van der Waals surface area (Å²) >= 11 is 0. The summed E-state index contributed by atoms with van der Waals surface area (Å²) < 4.78 is 40.3. The minimum atomic E-state index is -0.527. The lowest BCUT2D eigenvalue weighted by molar-refractivity contribution is 0.203. The predicted octanol–water partition coefficient (Wildman–Crippen LogP) is 4.63. The Labute approximate surface area is 237 Å². The second kappa shape index (κ2) is 11.1. The van der Waals surface area contributed by atoms with Crippen molar-refractivity contribution in [3.05, 3.63) is 71.8 Å². The van der Waals surface area contributed by atoms with Gasteiger partial charge in [-0.25, -0.2) is 4.79 Å². The summed E-state index contributed by atoms with van der Waals surface area (Å²) in [5, 5.41) is 6.53. The zero-order chi connectivity index (χ0) is 27.8. The minimum absolute atomic E-state index is 0.103. The molecule has 3 aliphatic rings. The molecule has 3 aliphatic heterocycles. The molecule has 0 aliphatic carbocycles. The van der Waals surface area contributed by atoms with Gasteiger partial charge in [0.2, 0.25) is 0 Å². The Balaban J connectivity index is 1.33. The molecule has 0 spiro atoms. The van der Waals surface area contributed by atoms with Gasteiger partial charge in [0.1, 0.15) is 61.1 Å². The van der Waals surface area contributed by atoms with Crippen molar-refractivity contribution < 1.29 is 38.0 Å². The number of nitrogens with one attached hydrogen (secondary N) is 1. The van der Waals surface area contributed by atoms with Crippen LogP contribution < -0.4 is 24.3 Å². The molecule has 4 aromatic carbocycles. The molecule has 3 unspecified atom stereocenters. The molecular weight excluding hydrogens is 526 g/mol. The highest BCUT2D eigenvalue weighted by Crippen LogP contribution is 2.39. The number of hydrogen-bond donors (Lipinski definition) is 1. The lowest BCUT2D eigenvalue weighted by atomic mass is 9.93.